The molecule has 1 N–H and O–H groups in total. The Morgan fingerprint density at radius 2 is 1.81 bits per heavy atom. The van der Waals surface area contributed by atoms with Crippen molar-refractivity contribution in [3.05, 3.63) is 88.5 Å². The SMILES string of the molecule is C[C@]12Cc3cnn(-c4ccc(F)cc4)c3C=C1CC[C@@]2(O)CCc1cc(F)ccc1F. The maximum atomic E-state index is 14.1. The zero-order valence-corrected chi connectivity index (χ0v) is 17.2. The van der Waals surface area contributed by atoms with Gasteiger partial charge in [-0.25, -0.2) is 17.9 Å². The highest BCUT2D eigenvalue weighted by molar-refractivity contribution is 5.62. The molecule has 3 nitrogen and oxygen atoms in total. The van der Waals surface area contributed by atoms with Crippen LogP contribution in [0.1, 0.15) is 43.0 Å². The van der Waals surface area contributed by atoms with Gasteiger partial charge in [-0.15, -0.1) is 0 Å². The van der Waals surface area contributed by atoms with Crippen molar-refractivity contribution in [1.29, 1.82) is 0 Å². The Bertz CT molecular complexity index is 1180. The number of rotatable bonds is 4. The van der Waals surface area contributed by atoms with Gasteiger partial charge in [0.25, 0.3) is 0 Å². The van der Waals surface area contributed by atoms with Crippen molar-refractivity contribution >= 4 is 6.08 Å². The molecule has 3 aromatic rings. The van der Waals surface area contributed by atoms with Gasteiger partial charge < -0.3 is 5.11 Å². The first-order chi connectivity index (χ1) is 14.8. The summed E-state index contributed by atoms with van der Waals surface area (Å²) >= 11 is 0. The van der Waals surface area contributed by atoms with Crippen LogP contribution in [0.3, 0.4) is 0 Å². The Hall–Kier alpha value is -2.86. The summed E-state index contributed by atoms with van der Waals surface area (Å²) in [5, 5.41) is 16.1. The van der Waals surface area contributed by atoms with E-state index in [2.05, 4.69) is 11.2 Å². The Labute approximate surface area is 178 Å². The molecule has 0 spiro atoms. The molecule has 2 atom stereocenters. The average molecular weight is 424 g/mol. The largest absolute Gasteiger partial charge is 0.389 e. The Morgan fingerprint density at radius 1 is 1.06 bits per heavy atom. The third-order valence-corrected chi connectivity index (χ3v) is 7.17. The van der Waals surface area contributed by atoms with Crippen molar-refractivity contribution in [1.82, 2.24) is 9.78 Å². The number of fused-ring (bicyclic) bond motifs is 2. The minimum absolute atomic E-state index is 0.269. The van der Waals surface area contributed by atoms with E-state index in [1.807, 2.05) is 6.92 Å². The topological polar surface area (TPSA) is 38.0 Å². The zero-order valence-electron chi connectivity index (χ0n) is 17.2. The van der Waals surface area contributed by atoms with Crippen LogP contribution in [0.5, 0.6) is 0 Å². The van der Waals surface area contributed by atoms with Gasteiger partial charge in [0.15, 0.2) is 0 Å². The fourth-order valence-electron chi connectivity index (χ4n) is 5.19. The van der Waals surface area contributed by atoms with E-state index in [-0.39, 0.29) is 17.8 Å². The lowest BCUT2D eigenvalue weighted by molar-refractivity contribution is -0.0462. The van der Waals surface area contributed by atoms with Crippen molar-refractivity contribution in [3.8, 4) is 5.69 Å². The van der Waals surface area contributed by atoms with Crippen LogP contribution in [0.2, 0.25) is 0 Å². The number of hydrogen-bond acceptors (Lipinski definition) is 2. The van der Waals surface area contributed by atoms with E-state index in [1.54, 1.807) is 23.0 Å². The molecule has 1 heterocycles. The van der Waals surface area contributed by atoms with Crippen LogP contribution < -0.4 is 0 Å². The molecule has 0 saturated heterocycles. The van der Waals surface area contributed by atoms with Crippen molar-refractivity contribution < 1.29 is 18.3 Å². The van der Waals surface area contributed by atoms with E-state index in [0.29, 0.717) is 19.3 Å². The molecule has 5 rings (SSSR count). The molecular formula is C25H23F3N2O. The van der Waals surface area contributed by atoms with Gasteiger partial charge >= 0.3 is 0 Å². The molecule has 0 amide bonds. The smallest absolute Gasteiger partial charge is 0.126 e. The lowest BCUT2D eigenvalue weighted by atomic mass is 9.65. The summed E-state index contributed by atoms with van der Waals surface area (Å²) in [6.07, 6.45) is 6.40. The van der Waals surface area contributed by atoms with Crippen molar-refractivity contribution in [3.63, 3.8) is 0 Å². The lowest BCUT2D eigenvalue weighted by Crippen LogP contribution is -2.45. The Kier molecular flexibility index (Phi) is 4.59. The standard InChI is InChI=1S/C25H23F3N2O/c1-24-14-17-15-29-30(21-5-2-19(26)3-6-21)23(17)13-18(24)9-11-25(24,31)10-8-16-12-20(27)4-7-22(16)28/h2-7,12-13,15,31H,8-11,14H2,1H3/t24-,25-/m0/s1. The average Bonchev–Trinajstić information content (AvgIpc) is 3.26. The molecule has 2 aliphatic carbocycles. The molecule has 1 fully saturated rings. The van der Waals surface area contributed by atoms with Gasteiger partial charge in [0.2, 0.25) is 0 Å². The monoisotopic (exact) mass is 424 g/mol. The van der Waals surface area contributed by atoms with E-state index in [9.17, 15) is 18.3 Å². The van der Waals surface area contributed by atoms with Gasteiger partial charge in [0, 0.05) is 5.41 Å². The first-order valence-corrected chi connectivity index (χ1v) is 10.5. The minimum atomic E-state index is -1.02. The summed E-state index contributed by atoms with van der Waals surface area (Å²) in [4.78, 5) is 0. The normalized spacial score (nSPS) is 24.6. The second-order valence-corrected chi connectivity index (χ2v) is 8.89. The Balaban J connectivity index is 1.44. The second-order valence-electron chi connectivity index (χ2n) is 8.89. The summed E-state index contributed by atoms with van der Waals surface area (Å²) < 4.78 is 42.7. The number of aryl methyl sites for hydroxylation is 1. The van der Waals surface area contributed by atoms with Gasteiger partial charge in [0.05, 0.1) is 23.2 Å². The number of benzene rings is 2. The number of halogens is 3. The van der Waals surface area contributed by atoms with Crippen molar-refractivity contribution in [2.45, 2.75) is 44.6 Å². The molecule has 31 heavy (non-hydrogen) atoms. The molecule has 6 heteroatoms. The molecule has 0 unspecified atom stereocenters. The van der Waals surface area contributed by atoms with Crippen LogP contribution in [-0.4, -0.2) is 20.5 Å². The fourth-order valence-corrected chi connectivity index (χ4v) is 5.19. The van der Waals surface area contributed by atoms with Crippen LogP contribution >= 0.6 is 0 Å². The highest BCUT2D eigenvalue weighted by Gasteiger charge is 2.54. The molecule has 0 bridgehead atoms. The Morgan fingerprint density at radius 3 is 2.58 bits per heavy atom. The summed E-state index contributed by atoms with van der Waals surface area (Å²) in [6, 6.07) is 9.63. The highest BCUT2D eigenvalue weighted by atomic mass is 19.1. The molecule has 2 aromatic carbocycles. The summed E-state index contributed by atoms with van der Waals surface area (Å²) in [5.74, 6) is -1.22. The van der Waals surface area contributed by atoms with Crippen LogP contribution in [-0.2, 0) is 12.8 Å². The highest BCUT2D eigenvalue weighted by Crippen LogP contribution is 2.56. The quantitative estimate of drug-likeness (QED) is 0.610. The number of nitrogens with zero attached hydrogens (tertiary/aromatic N) is 2. The molecule has 160 valence electrons. The minimum Gasteiger partial charge on any atom is -0.389 e. The van der Waals surface area contributed by atoms with Gasteiger partial charge in [-0.3, -0.25) is 0 Å². The maximum Gasteiger partial charge on any atom is 0.126 e. The summed E-state index contributed by atoms with van der Waals surface area (Å²) in [7, 11) is 0. The fraction of sp³-hybridized carbons (Fsp3) is 0.320. The molecule has 1 saturated carbocycles. The summed E-state index contributed by atoms with van der Waals surface area (Å²) in [6.45, 7) is 2.05. The second kappa shape index (κ2) is 7.09. The first-order valence-electron chi connectivity index (χ1n) is 10.5. The molecular weight excluding hydrogens is 401 g/mol. The van der Waals surface area contributed by atoms with E-state index in [0.717, 1.165) is 41.1 Å². The van der Waals surface area contributed by atoms with Gasteiger partial charge in [-0.1, -0.05) is 12.5 Å². The predicted octanol–water partition coefficient (Wildman–Crippen LogP) is 5.39. The first kappa shape index (κ1) is 20.1. The number of aliphatic hydroxyl groups is 1. The molecule has 1 aromatic heterocycles. The molecule has 2 aliphatic rings. The van der Waals surface area contributed by atoms with Crippen LogP contribution in [0.15, 0.2) is 54.2 Å². The van der Waals surface area contributed by atoms with Crippen LogP contribution in [0.25, 0.3) is 11.8 Å². The van der Waals surface area contributed by atoms with Crippen LogP contribution in [0, 0.1) is 22.9 Å². The van der Waals surface area contributed by atoms with Gasteiger partial charge in [-0.05, 0) is 91.8 Å². The number of hydrogen-bond donors (Lipinski definition) is 1. The van der Waals surface area contributed by atoms with E-state index in [1.165, 1.54) is 18.2 Å². The zero-order chi connectivity index (χ0) is 21.8. The van der Waals surface area contributed by atoms with E-state index in [4.69, 9.17) is 0 Å². The number of aromatic nitrogens is 2. The lowest BCUT2D eigenvalue weighted by Gasteiger charge is -2.42. The van der Waals surface area contributed by atoms with Gasteiger partial charge in [0.1, 0.15) is 17.5 Å². The third kappa shape index (κ3) is 3.21. The molecule has 0 aliphatic heterocycles. The van der Waals surface area contributed by atoms with E-state index >= 15 is 0 Å². The van der Waals surface area contributed by atoms with E-state index < -0.39 is 22.7 Å². The predicted molar refractivity (Wildman–Crippen MR) is 112 cm³/mol. The van der Waals surface area contributed by atoms with Crippen molar-refractivity contribution in [2.24, 2.45) is 5.41 Å². The van der Waals surface area contributed by atoms with Gasteiger partial charge in [-0.2, -0.15) is 5.10 Å². The third-order valence-electron chi connectivity index (χ3n) is 7.17. The van der Waals surface area contributed by atoms with Crippen LogP contribution in [0.4, 0.5) is 13.2 Å². The molecule has 0 radical (unpaired) electrons. The maximum absolute atomic E-state index is 14.1. The summed E-state index contributed by atoms with van der Waals surface area (Å²) in [5.41, 5.74) is 2.62. The van der Waals surface area contributed by atoms with Crippen molar-refractivity contribution in [2.75, 3.05) is 0 Å².